The Hall–Kier alpha value is -3.67. The Labute approximate surface area is 508 Å². The van der Waals surface area contributed by atoms with E-state index in [0.29, 0.717) is 19.3 Å². The molecule has 0 aliphatic carbocycles. The summed E-state index contributed by atoms with van der Waals surface area (Å²) in [7, 11) is 0. The SMILES string of the molecule is CC/C=C\C/C=C\C/C=C\C/C=C\C/C=C\C/C=C\CCCCCCCCCCCCCCC(=O)OCC(COC(=O)CCCCCCC/C=C\CCCCCCC)OC(=O)CCCCCCCCCCC/C=C\CCCCCCCC. The Morgan fingerprint density at radius 1 is 0.256 bits per heavy atom. The molecule has 0 fully saturated rings. The molecular weight excluding hydrogens is 1010 g/mol. The first-order chi connectivity index (χ1) is 40.5. The number of rotatable bonds is 64. The van der Waals surface area contributed by atoms with E-state index in [1.165, 1.54) is 205 Å². The van der Waals surface area contributed by atoms with Crippen molar-refractivity contribution >= 4 is 17.9 Å². The fraction of sp³-hybridized carbons (Fsp3) is 0.750. The van der Waals surface area contributed by atoms with E-state index in [1.54, 1.807) is 0 Å². The number of carbonyl (C=O) groups is 3. The maximum absolute atomic E-state index is 12.9. The Kier molecular flexibility index (Phi) is 66.7. The van der Waals surface area contributed by atoms with Crippen molar-refractivity contribution in [3.63, 3.8) is 0 Å². The number of carbonyl (C=O) groups excluding carboxylic acids is 3. The summed E-state index contributed by atoms with van der Waals surface area (Å²) in [4.78, 5) is 38.4. The second-order valence-electron chi connectivity index (χ2n) is 23.4. The van der Waals surface area contributed by atoms with Crippen LogP contribution in [0.25, 0.3) is 0 Å². The molecule has 0 amide bonds. The van der Waals surface area contributed by atoms with Crippen molar-refractivity contribution in [1.82, 2.24) is 0 Å². The van der Waals surface area contributed by atoms with Gasteiger partial charge in [0.15, 0.2) is 6.10 Å². The number of hydrogen-bond acceptors (Lipinski definition) is 6. The first-order valence-corrected chi connectivity index (χ1v) is 35.2. The topological polar surface area (TPSA) is 78.9 Å². The minimum absolute atomic E-state index is 0.0793. The highest BCUT2D eigenvalue weighted by Crippen LogP contribution is 2.17. The van der Waals surface area contributed by atoms with Gasteiger partial charge in [0.25, 0.3) is 0 Å². The summed E-state index contributed by atoms with van der Waals surface area (Å²) in [6, 6.07) is 0. The molecule has 82 heavy (non-hydrogen) atoms. The maximum atomic E-state index is 12.9. The molecule has 0 aliphatic heterocycles. The maximum Gasteiger partial charge on any atom is 0.306 e. The van der Waals surface area contributed by atoms with Gasteiger partial charge in [-0.05, 0) is 122 Å². The summed E-state index contributed by atoms with van der Waals surface area (Å²) >= 11 is 0. The normalized spacial score (nSPS) is 12.7. The molecule has 0 saturated heterocycles. The summed E-state index contributed by atoms with van der Waals surface area (Å²) in [5, 5.41) is 0. The zero-order valence-electron chi connectivity index (χ0n) is 54.2. The molecule has 6 nitrogen and oxygen atoms in total. The average molecular weight is 1140 g/mol. The summed E-state index contributed by atoms with van der Waals surface area (Å²) in [6.45, 7) is 6.54. The Morgan fingerprint density at radius 3 is 0.756 bits per heavy atom. The van der Waals surface area contributed by atoms with Gasteiger partial charge in [-0.2, -0.15) is 0 Å². The molecule has 0 aromatic heterocycles. The van der Waals surface area contributed by atoms with Crippen molar-refractivity contribution in [2.75, 3.05) is 13.2 Å². The van der Waals surface area contributed by atoms with Gasteiger partial charge in [0.05, 0.1) is 0 Å². The third-order valence-electron chi connectivity index (χ3n) is 15.3. The van der Waals surface area contributed by atoms with Gasteiger partial charge in [-0.25, -0.2) is 0 Å². The summed E-state index contributed by atoms with van der Waals surface area (Å²) in [5.74, 6) is -0.876. The molecule has 0 bridgehead atoms. The molecule has 0 aromatic rings. The van der Waals surface area contributed by atoms with E-state index in [2.05, 4.69) is 118 Å². The van der Waals surface area contributed by atoms with Gasteiger partial charge in [-0.3, -0.25) is 14.4 Å². The second kappa shape index (κ2) is 69.8. The van der Waals surface area contributed by atoms with Crippen LogP contribution >= 0.6 is 0 Å². The predicted octanol–water partition coefficient (Wildman–Crippen LogP) is 24.4. The number of esters is 3. The molecular formula is C76H132O6. The molecule has 0 spiro atoms. The lowest BCUT2D eigenvalue weighted by molar-refractivity contribution is -0.167. The lowest BCUT2D eigenvalue weighted by Crippen LogP contribution is -2.30. The van der Waals surface area contributed by atoms with Gasteiger partial charge in [-0.1, -0.05) is 304 Å². The lowest BCUT2D eigenvalue weighted by Gasteiger charge is -2.18. The van der Waals surface area contributed by atoms with Crippen LogP contribution in [-0.2, 0) is 28.6 Å². The van der Waals surface area contributed by atoms with Crippen molar-refractivity contribution in [2.45, 2.75) is 354 Å². The van der Waals surface area contributed by atoms with E-state index in [1.807, 2.05) is 0 Å². The summed E-state index contributed by atoms with van der Waals surface area (Å²) in [5.41, 5.74) is 0. The Balaban J connectivity index is 4.27. The van der Waals surface area contributed by atoms with Crippen LogP contribution in [0.1, 0.15) is 348 Å². The van der Waals surface area contributed by atoms with Gasteiger partial charge in [0, 0.05) is 19.3 Å². The molecule has 472 valence electrons. The average Bonchev–Trinajstić information content (AvgIpc) is 3.47. The van der Waals surface area contributed by atoms with Crippen molar-refractivity contribution in [1.29, 1.82) is 0 Å². The van der Waals surface area contributed by atoms with Crippen LogP contribution in [0.15, 0.2) is 97.2 Å². The van der Waals surface area contributed by atoms with Crippen LogP contribution in [-0.4, -0.2) is 37.2 Å². The van der Waals surface area contributed by atoms with Crippen LogP contribution in [0, 0.1) is 0 Å². The molecule has 0 rings (SSSR count). The van der Waals surface area contributed by atoms with Crippen molar-refractivity contribution in [3.05, 3.63) is 97.2 Å². The molecule has 0 N–H and O–H groups in total. The first-order valence-electron chi connectivity index (χ1n) is 35.2. The number of hydrogen-bond donors (Lipinski definition) is 0. The first kappa shape index (κ1) is 78.3. The van der Waals surface area contributed by atoms with Crippen LogP contribution in [0.2, 0.25) is 0 Å². The van der Waals surface area contributed by atoms with E-state index in [9.17, 15) is 14.4 Å². The predicted molar refractivity (Wildman–Crippen MR) is 357 cm³/mol. The molecule has 0 heterocycles. The quantitative estimate of drug-likeness (QED) is 0.0261. The third-order valence-corrected chi connectivity index (χ3v) is 15.3. The van der Waals surface area contributed by atoms with E-state index in [4.69, 9.17) is 14.2 Å². The van der Waals surface area contributed by atoms with Crippen LogP contribution in [0.4, 0.5) is 0 Å². The lowest BCUT2D eigenvalue weighted by atomic mass is 10.0. The molecule has 0 aliphatic rings. The molecule has 6 heteroatoms. The van der Waals surface area contributed by atoms with E-state index >= 15 is 0 Å². The highest BCUT2D eigenvalue weighted by Gasteiger charge is 2.19. The van der Waals surface area contributed by atoms with E-state index in [0.717, 1.165) is 103 Å². The van der Waals surface area contributed by atoms with Crippen molar-refractivity contribution in [2.24, 2.45) is 0 Å². The zero-order chi connectivity index (χ0) is 59.2. The zero-order valence-corrected chi connectivity index (χ0v) is 54.2. The number of ether oxygens (including phenoxy) is 3. The fourth-order valence-electron chi connectivity index (χ4n) is 10.0. The largest absolute Gasteiger partial charge is 0.462 e. The smallest absolute Gasteiger partial charge is 0.306 e. The molecule has 1 unspecified atom stereocenters. The summed E-state index contributed by atoms with van der Waals surface area (Å²) in [6.07, 6.45) is 94.3. The van der Waals surface area contributed by atoms with Crippen LogP contribution in [0.5, 0.6) is 0 Å². The highest BCUT2D eigenvalue weighted by atomic mass is 16.6. The van der Waals surface area contributed by atoms with Crippen LogP contribution in [0.3, 0.4) is 0 Å². The van der Waals surface area contributed by atoms with Crippen molar-refractivity contribution < 1.29 is 28.6 Å². The highest BCUT2D eigenvalue weighted by molar-refractivity contribution is 5.71. The van der Waals surface area contributed by atoms with Gasteiger partial charge >= 0.3 is 17.9 Å². The number of unbranched alkanes of at least 4 members (excludes halogenated alkanes) is 37. The molecule has 0 radical (unpaired) electrons. The number of allylic oxidation sites excluding steroid dienone is 16. The minimum atomic E-state index is -0.783. The second-order valence-corrected chi connectivity index (χ2v) is 23.4. The van der Waals surface area contributed by atoms with Gasteiger partial charge in [-0.15, -0.1) is 0 Å². The van der Waals surface area contributed by atoms with Gasteiger partial charge in [0.1, 0.15) is 13.2 Å². The Morgan fingerprint density at radius 2 is 0.476 bits per heavy atom. The molecule has 0 aromatic carbocycles. The van der Waals surface area contributed by atoms with Gasteiger partial charge < -0.3 is 14.2 Å². The third kappa shape index (κ3) is 67.1. The fourth-order valence-corrected chi connectivity index (χ4v) is 10.0. The minimum Gasteiger partial charge on any atom is -0.462 e. The monoisotopic (exact) mass is 1140 g/mol. The summed E-state index contributed by atoms with van der Waals surface area (Å²) < 4.78 is 17.0. The van der Waals surface area contributed by atoms with E-state index in [-0.39, 0.29) is 31.1 Å². The van der Waals surface area contributed by atoms with Crippen LogP contribution < -0.4 is 0 Å². The van der Waals surface area contributed by atoms with Crippen molar-refractivity contribution in [3.8, 4) is 0 Å². The molecule has 1 atom stereocenters. The Bertz CT molecular complexity index is 1590. The molecule has 0 saturated carbocycles. The van der Waals surface area contributed by atoms with Gasteiger partial charge in [0.2, 0.25) is 0 Å². The van der Waals surface area contributed by atoms with E-state index < -0.39 is 6.10 Å². The standard InChI is InChI=1S/C76H132O6/c1-4-7-10-13-16-19-22-25-28-30-32-33-34-35-36-37-38-39-40-41-42-43-45-46-48-51-54-57-60-63-66-69-75(78)81-72-73(71-80-74(77)68-65-62-59-56-53-50-27-24-21-18-15-12-9-6-3)82-76(79)70-67-64-61-58-55-52-49-47-44-31-29-26-23-20-17-14-11-8-5-2/h7,10,16,19,24-29,32-33,35-36,38-39,73H,4-6,8-9,11-15,17-18,20-23,30-31,34,37,40-72H2,1-3H3/b10-7-,19-16-,27-24-,28-25-,29-26-,33-32-,36-35-,39-38-.